The summed E-state index contributed by atoms with van der Waals surface area (Å²) in [5.74, 6) is 0.0644. The molecule has 0 saturated heterocycles. The van der Waals surface area contributed by atoms with Gasteiger partial charge < -0.3 is 9.64 Å². The van der Waals surface area contributed by atoms with Gasteiger partial charge in [0.2, 0.25) is 0 Å². The Morgan fingerprint density at radius 1 is 0.657 bits per heavy atom. The number of esters is 1. The van der Waals surface area contributed by atoms with E-state index in [2.05, 4.69) is 78.2 Å². The lowest BCUT2D eigenvalue weighted by molar-refractivity contribution is -0.130. The van der Waals surface area contributed by atoms with Gasteiger partial charge in [0, 0.05) is 22.3 Å². The number of ether oxygens (including phenoxy) is 1. The molecule has 168 valence electrons. The molecule has 6 aromatic carbocycles. The van der Waals surface area contributed by atoms with Crippen LogP contribution in [0.25, 0.3) is 32.3 Å². The van der Waals surface area contributed by atoms with Crippen LogP contribution >= 0.6 is 0 Å². The predicted molar refractivity (Wildman–Crippen MR) is 145 cm³/mol. The molecule has 0 radical (unpaired) electrons. The van der Waals surface area contributed by atoms with E-state index in [1.165, 1.54) is 32.3 Å². The van der Waals surface area contributed by atoms with Crippen molar-refractivity contribution < 1.29 is 9.53 Å². The van der Waals surface area contributed by atoms with Crippen molar-refractivity contribution in [2.45, 2.75) is 6.92 Å². The summed E-state index contributed by atoms with van der Waals surface area (Å²) in [7, 11) is 0. The van der Waals surface area contributed by atoms with Crippen molar-refractivity contribution in [3.63, 3.8) is 0 Å². The van der Waals surface area contributed by atoms with Crippen LogP contribution in [0.15, 0.2) is 121 Å². The Kier molecular flexibility index (Phi) is 4.97. The first-order valence-electron chi connectivity index (χ1n) is 11.6. The van der Waals surface area contributed by atoms with E-state index in [9.17, 15) is 4.79 Å². The van der Waals surface area contributed by atoms with Crippen molar-refractivity contribution in [1.82, 2.24) is 0 Å². The molecule has 0 fully saturated rings. The number of hydrogen-bond donors (Lipinski definition) is 0. The second-order valence-corrected chi connectivity index (χ2v) is 8.78. The van der Waals surface area contributed by atoms with E-state index < -0.39 is 5.97 Å². The van der Waals surface area contributed by atoms with Crippen LogP contribution in [0.4, 0.5) is 17.1 Å². The van der Waals surface area contributed by atoms with Gasteiger partial charge in [0.25, 0.3) is 0 Å². The summed E-state index contributed by atoms with van der Waals surface area (Å²) in [6.45, 7) is 5.30. The summed E-state index contributed by atoms with van der Waals surface area (Å²) < 4.78 is 5.41. The monoisotopic (exact) mass is 453 g/mol. The fraction of sp³-hybridized carbons (Fsp3) is 0.0312. The Hall–Kier alpha value is -4.63. The van der Waals surface area contributed by atoms with E-state index in [4.69, 9.17) is 4.74 Å². The van der Waals surface area contributed by atoms with Gasteiger partial charge in [-0.05, 0) is 76.3 Å². The number of rotatable bonds is 5. The minimum absolute atomic E-state index is 0.369. The van der Waals surface area contributed by atoms with Gasteiger partial charge in [0.05, 0.1) is 5.69 Å². The van der Waals surface area contributed by atoms with Crippen molar-refractivity contribution in [2.24, 2.45) is 0 Å². The quantitative estimate of drug-likeness (QED) is 0.113. The molecule has 0 atom stereocenters. The van der Waals surface area contributed by atoms with Crippen molar-refractivity contribution in [3.8, 4) is 5.75 Å². The Bertz CT molecular complexity index is 1690. The highest BCUT2D eigenvalue weighted by Gasteiger charge is 2.18. The highest BCUT2D eigenvalue weighted by atomic mass is 16.5. The van der Waals surface area contributed by atoms with E-state index in [0.717, 1.165) is 17.1 Å². The largest absolute Gasteiger partial charge is 0.423 e. The van der Waals surface area contributed by atoms with Crippen molar-refractivity contribution in [3.05, 3.63) is 121 Å². The lowest BCUT2D eigenvalue weighted by atomic mass is 9.93. The zero-order chi connectivity index (χ0) is 23.9. The topological polar surface area (TPSA) is 29.5 Å². The van der Waals surface area contributed by atoms with Gasteiger partial charge in [-0.2, -0.15) is 0 Å². The average Bonchev–Trinajstić information content (AvgIpc) is 2.89. The highest BCUT2D eigenvalue weighted by molar-refractivity contribution is 6.25. The molecule has 0 bridgehead atoms. The van der Waals surface area contributed by atoms with Gasteiger partial charge in [0.15, 0.2) is 0 Å². The Morgan fingerprint density at radius 3 is 1.94 bits per heavy atom. The van der Waals surface area contributed by atoms with Crippen molar-refractivity contribution in [1.29, 1.82) is 0 Å². The predicted octanol–water partition coefficient (Wildman–Crippen LogP) is 8.54. The lowest BCUT2D eigenvalue weighted by Crippen LogP contribution is -2.11. The molecule has 0 amide bonds. The number of benzene rings is 6. The fourth-order valence-corrected chi connectivity index (χ4v) is 4.78. The van der Waals surface area contributed by atoms with Gasteiger partial charge in [-0.25, -0.2) is 4.79 Å². The van der Waals surface area contributed by atoms with Gasteiger partial charge >= 0.3 is 5.97 Å². The minimum atomic E-state index is -0.426. The summed E-state index contributed by atoms with van der Waals surface area (Å²) in [4.78, 5) is 14.2. The summed E-state index contributed by atoms with van der Waals surface area (Å²) in [5, 5.41) is 7.46. The smallest absolute Gasteiger partial charge is 0.338 e. The van der Waals surface area contributed by atoms with E-state index in [1.54, 1.807) is 6.92 Å². The van der Waals surface area contributed by atoms with Gasteiger partial charge in [0.1, 0.15) is 5.75 Å². The molecule has 3 nitrogen and oxygen atoms in total. The molecule has 0 spiro atoms. The van der Waals surface area contributed by atoms with Crippen molar-refractivity contribution in [2.75, 3.05) is 4.90 Å². The second kappa shape index (κ2) is 8.30. The van der Waals surface area contributed by atoms with Crippen LogP contribution in [0, 0.1) is 0 Å². The zero-order valence-electron chi connectivity index (χ0n) is 19.4. The maximum absolute atomic E-state index is 12.0. The van der Waals surface area contributed by atoms with E-state index >= 15 is 0 Å². The van der Waals surface area contributed by atoms with E-state index in [-0.39, 0.29) is 0 Å². The zero-order valence-corrected chi connectivity index (χ0v) is 19.4. The van der Waals surface area contributed by atoms with Crippen LogP contribution < -0.4 is 9.64 Å². The molecular formula is C32H23NO2. The van der Waals surface area contributed by atoms with E-state index in [1.807, 2.05) is 42.5 Å². The first-order valence-corrected chi connectivity index (χ1v) is 11.6. The minimum Gasteiger partial charge on any atom is -0.423 e. The molecule has 0 aliphatic rings. The third-order valence-corrected chi connectivity index (χ3v) is 6.41. The van der Waals surface area contributed by atoms with Gasteiger partial charge in [-0.3, -0.25) is 0 Å². The maximum Gasteiger partial charge on any atom is 0.338 e. The standard InChI is InChI=1S/C32H23NO2/c1-21(2)32(34)35-27-17-15-26(16-18-27)33(25-9-4-3-5-10-25)29-20-14-24-12-11-22-7-6-8-23-13-19-28(29)31(24)30(22)23/h3-20H,1H2,2H3. The third kappa shape index (κ3) is 3.58. The Balaban J connectivity index is 1.55. The first-order chi connectivity index (χ1) is 17.1. The third-order valence-electron chi connectivity index (χ3n) is 6.41. The molecule has 0 saturated carbocycles. The van der Waals surface area contributed by atoms with Crippen LogP contribution in [0.1, 0.15) is 6.92 Å². The second-order valence-electron chi connectivity index (χ2n) is 8.78. The number of anilines is 3. The molecule has 6 aromatic rings. The van der Waals surface area contributed by atoms with E-state index in [0.29, 0.717) is 11.3 Å². The molecule has 0 N–H and O–H groups in total. The Labute approximate surface area is 203 Å². The van der Waals surface area contributed by atoms with Gasteiger partial charge in [-0.1, -0.05) is 73.3 Å². The van der Waals surface area contributed by atoms with Crippen LogP contribution in [-0.4, -0.2) is 5.97 Å². The SMILES string of the molecule is C=C(C)C(=O)Oc1ccc(N(c2ccccc2)c2ccc3ccc4cccc5ccc2c3c45)cc1. The molecule has 0 heterocycles. The number of para-hydroxylation sites is 1. The summed E-state index contributed by atoms with van der Waals surface area (Å²) in [6, 6.07) is 37.6. The number of carbonyl (C=O) groups excluding carboxylic acids is 1. The molecule has 0 aliphatic carbocycles. The molecule has 3 heteroatoms. The number of nitrogens with zero attached hydrogens (tertiary/aromatic N) is 1. The maximum atomic E-state index is 12.0. The molecular weight excluding hydrogens is 430 g/mol. The normalized spacial score (nSPS) is 11.2. The summed E-state index contributed by atoms with van der Waals surface area (Å²) in [6.07, 6.45) is 0. The van der Waals surface area contributed by atoms with Crippen LogP contribution in [0.3, 0.4) is 0 Å². The van der Waals surface area contributed by atoms with Crippen molar-refractivity contribution >= 4 is 55.3 Å². The molecule has 6 rings (SSSR count). The number of hydrogen-bond acceptors (Lipinski definition) is 3. The average molecular weight is 454 g/mol. The summed E-state index contributed by atoms with van der Waals surface area (Å²) in [5.41, 5.74) is 3.48. The first kappa shape index (κ1) is 20.9. The van der Waals surface area contributed by atoms with Crippen LogP contribution in [-0.2, 0) is 4.79 Å². The fourth-order valence-electron chi connectivity index (χ4n) is 4.78. The molecule has 0 unspecified atom stereocenters. The number of carbonyl (C=O) groups is 1. The lowest BCUT2D eigenvalue weighted by Gasteiger charge is -2.27. The highest BCUT2D eigenvalue weighted by Crippen LogP contribution is 2.43. The Morgan fingerprint density at radius 2 is 1.26 bits per heavy atom. The van der Waals surface area contributed by atoms with Crippen LogP contribution in [0.2, 0.25) is 0 Å². The molecule has 0 aliphatic heterocycles. The van der Waals surface area contributed by atoms with Crippen LogP contribution in [0.5, 0.6) is 5.75 Å². The molecule has 35 heavy (non-hydrogen) atoms. The van der Waals surface area contributed by atoms with Gasteiger partial charge in [-0.15, -0.1) is 0 Å². The molecule has 0 aromatic heterocycles. The summed E-state index contributed by atoms with van der Waals surface area (Å²) >= 11 is 0.